The Morgan fingerprint density at radius 1 is 1.00 bits per heavy atom. The van der Waals surface area contributed by atoms with Crippen molar-refractivity contribution in [2.75, 3.05) is 0 Å². The van der Waals surface area contributed by atoms with E-state index in [9.17, 15) is 0 Å². The van der Waals surface area contributed by atoms with Crippen LogP contribution in [0.4, 0.5) is 0 Å². The Morgan fingerprint density at radius 3 is 2.45 bits per heavy atom. The van der Waals surface area contributed by atoms with Crippen LogP contribution < -0.4 is 0 Å². The first kappa shape index (κ1) is 20.9. The SMILES string of the molecule is CCCCc1nc(C(C)CC)n(Cc2ccc(-c3ccccc3-c3nnn[nH]3)cc2)n1. The highest BCUT2D eigenvalue weighted by Gasteiger charge is 2.16. The molecule has 7 heteroatoms. The van der Waals surface area contributed by atoms with Crippen molar-refractivity contribution in [2.45, 2.75) is 58.9 Å². The summed E-state index contributed by atoms with van der Waals surface area (Å²) < 4.78 is 2.09. The largest absolute Gasteiger partial charge is 0.245 e. The number of H-pyrrole nitrogens is 1. The number of tetrazole rings is 1. The van der Waals surface area contributed by atoms with Gasteiger partial charge in [-0.25, -0.2) is 14.8 Å². The first-order chi connectivity index (χ1) is 15.2. The van der Waals surface area contributed by atoms with Crippen LogP contribution in [-0.2, 0) is 13.0 Å². The van der Waals surface area contributed by atoms with Crippen LogP contribution in [0.15, 0.2) is 48.5 Å². The van der Waals surface area contributed by atoms with Gasteiger partial charge in [-0.1, -0.05) is 75.7 Å². The zero-order valence-electron chi connectivity index (χ0n) is 18.4. The van der Waals surface area contributed by atoms with Gasteiger partial charge in [-0.05, 0) is 40.0 Å². The van der Waals surface area contributed by atoms with Crippen LogP contribution in [0.25, 0.3) is 22.5 Å². The highest BCUT2D eigenvalue weighted by Crippen LogP contribution is 2.30. The van der Waals surface area contributed by atoms with Crippen molar-refractivity contribution in [1.29, 1.82) is 0 Å². The second-order valence-electron chi connectivity index (χ2n) is 7.95. The van der Waals surface area contributed by atoms with Gasteiger partial charge in [0.15, 0.2) is 11.6 Å². The summed E-state index contributed by atoms with van der Waals surface area (Å²) in [7, 11) is 0. The Hall–Kier alpha value is -3.35. The fourth-order valence-corrected chi connectivity index (χ4v) is 3.68. The molecular formula is C24H29N7. The van der Waals surface area contributed by atoms with Gasteiger partial charge in [0.2, 0.25) is 0 Å². The van der Waals surface area contributed by atoms with Crippen molar-refractivity contribution in [2.24, 2.45) is 0 Å². The molecule has 0 amide bonds. The van der Waals surface area contributed by atoms with Gasteiger partial charge < -0.3 is 0 Å². The zero-order valence-corrected chi connectivity index (χ0v) is 18.4. The molecule has 0 radical (unpaired) electrons. The summed E-state index contributed by atoms with van der Waals surface area (Å²) in [6.45, 7) is 7.35. The molecule has 1 atom stereocenters. The lowest BCUT2D eigenvalue weighted by molar-refractivity contribution is 0.574. The quantitative estimate of drug-likeness (QED) is 0.414. The molecule has 0 aliphatic heterocycles. The van der Waals surface area contributed by atoms with Crippen LogP contribution in [0, 0.1) is 0 Å². The predicted molar refractivity (Wildman–Crippen MR) is 121 cm³/mol. The average Bonchev–Trinajstić information content (AvgIpc) is 3.48. The Morgan fingerprint density at radius 2 is 1.77 bits per heavy atom. The highest BCUT2D eigenvalue weighted by atomic mass is 15.5. The first-order valence-electron chi connectivity index (χ1n) is 11.1. The van der Waals surface area contributed by atoms with E-state index in [0.717, 1.165) is 60.6 Å². The summed E-state index contributed by atoms with van der Waals surface area (Å²) >= 11 is 0. The molecule has 0 aliphatic carbocycles. The third-order valence-electron chi connectivity index (χ3n) is 5.68. The van der Waals surface area contributed by atoms with Gasteiger partial charge in [0.1, 0.15) is 5.82 Å². The van der Waals surface area contributed by atoms with Gasteiger partial charge in [0.05, 0.1) is 6.54 Å². The van der Waals surface area contributed by atoms with E-state index in [-0.39, 0.29) is 0 Å². The molecule has 0 saturated heterocycles. The summed E-state index contributed by atoms with van der Waals surface area (Å²) in [6.07, 6.45) is 4.27. The Balaban J connectivity index is 1.58. The maximum atomic E-state index is 4.85. The van der Waals surface area contributed by atoms with E-state index in [4.69, 9.17) is 10.1 Å². The van der Waals surface area contributed by atoms with E-state index < -0.39 is 0 Å². The molecular weight excluding hydrogens is 386 g/mol. The van der Waals surface area contributed by atoms with Crippen molar-refractivity contribution in [3.63, 3.8) is 0 Å². The predicted octanol–water partition coefficient (Wildman–Crippen LogP) is 5.03. The van der Waals surface area contributed by atoms with Crippen molar-refractivity contribution >= 4 is 0 Å². The molecule has 0 fully saturated rings. The molecule has 160 valence electrons. The minimum Gasteiger partial charge on any atom is -0.245 e. The topological polar surface area (TPSA) is 85.2 Å². The van der Waals surface area contributed by atoms with Gasteiger partial charge in [-0.2, -0.15) is 5.10 Å². The van der Waals surface area contributed by atoms with E-state index in [2.05, 4.69) is 76.4 Å². The molecule has 0 aliphatic rings. The van der Waals surface area contributed by atoms with Gasteiger partial charge in [0.25, 0.3) is 0 Å². The van der Waals surface area contributed by atoms with Crippen molar-refractivity contribution in [3.05, 3.63) is 65.7 Å². The Labute approximate surface area is 182 Å². The van der Waals surface area contributed by atoms with Crippen LogP contribution in [-0.4, -0.2) is 35.4 Å². The molecule has 0 saturated carbocycles. The van der Waals surface area contributed by atoms with Gasteiger partial charge in [-0.15, -0.1) is 5.10 Å². The molecule has 7 nitrogen and oxygen atoms in total. The molecule has 0 spiro atoms. The lowest BCUT2D eigenvalue weighted by Gasteiger charge is -2.12. The lowest BCUT2D eigenvalue weighted by Crippen LogP contribution is -2.09. The number of aromatic nitrogens is 7. The van der Waals surface area contributed by atoms with Crippen molar-refractivity contribution < 1.29 is 0 Å². The number of hydrogen-bond acceptors (Lipinski definition) is 5. The average molecular weight is 416 g/mol. The van der Waals surface area contributed by atoms with Gasteiger partial charge >= 0.3 is 0 Å². The molecule has 2 aromatic carbocycles. The van der Waals surface area contributed by atoms with Gasteiger partial charge in [-0.3, -0.25) is 0 Å². The second kappa shape index (κ2) is 9.64. The standard InChI is InChI=1S/C24H29N7/c1-4-6-11-22-25-24(17(3)5-2)31(28-22)16-18-12-14-19(15-13-18)20-9-7-8-10-21(20)23-26-29-30-27-23/h7-10,12-15,17H,4-6,11,16H2,1-3H3,(H,26,27,29,30). The third-order valence-corrected chi connectivity index (χ3v) is 5.68. The number of aryl methyl sites for hydroxylation is 1. The first-order valence-corrected chi connectivity index (χ1v) is 11.1. The molecule has 4 rings (SSSR count). The van der Waals surface area contributed by atoms with Crippen LogP contribution in [0.2, 0.25) is 0 Å². The van der Waals surface area contributed by atoms with Crippen molar-refractivity contribution in [1.82, 2.24) is 35.4 Å². The second-order valence-corrected chi connectivity index (χ2v) is 7.95. The van der Waals surface area contributed by atoms with Gasteiger partial charge in [0, 0.05) is 17.9 Å². The highest BCUT2D eigenvalue weighted by molar-refractivity contribution is 5.80. The summed E-state index contributed by atoms with van der Waals surface area (Å²) in [5.41, 5.74) is 4.41. The fraction of sp³-hybridized carbons (Fsp3) is 0.375. The Kier molecular flexibility index (Phi) is 6.50. The number of benzene rings is 2. The van der Waals surface area contributed by atoms with Crippen LogP contribution in [0.5, 0.6) is 0 Å². The summed E-state index contributed by atoms with van der Waals surface area (Å²) in [5.74, 6) is 3.11. The molecule has 2 aromatic heterocycles. The molecule has 1 N–H and O–H groups in total. The fourth-order valence-electron chi connectivity index (χ4n) is 3.68. The number of hydrogen-bond donors (Lipinski definition) is 1. The van der Waals surface area contributed by atoms with E-state index in [1.165, 1.54) is 5.56 Å². The van der Waals surface area contributed by atoms with Crippen LogP contribution >= 0.6 is 0 Å². The molecule has 0 bridgehead atoms. The van der Waals surface area contributed by atoms with Crippen LogP contribution in [0.1, 0.15) is 63.2 Å². The van der Waals surface area contributed by atoms with E-state index in [0.29, 0.717) is 11.7 Å². The monoisotopic (exact) mass is 415 g/mol. The number of nitrogens with one attached hydrogen (secondary N) is 1. The van der Waals surface area contributed by atoms with Crippen molar-refractivity contribution in [3.8, 4) is 22.5 Å². The number of unbranched alkanes of at least 4 members (excludes halogenated alkanes) is 1. The molecule has 2 heterocycles. The minimum atomic E-state index is 0.393. The third kappa shape index (κ3) is 4.71. The van der Waals surface area contributed by atoms with E-state index in [1.807, 2.05) is 18.2 Å². The molecule has 31 heavy (non-hydrogen) atoms. The molecule has 1 unspecified atom stereocenters. The smallest absolute Gasteiger partial charge is 0.180 e. The maximum Gasteiger partial charge on any atom is 0.180 e. The summed E-state index contributed by atoms with van der Waals surface area (Å²) in [5, 5.41) is 19.2. The summed E-state index contributed by atoms with van der Waals surface area (Å²) in [6, 6.07) is 16.8. The van der Waals surface area contributed by atoms with E-state index in [1.54, 1.807) is 0 Å². The Bertz CT molecular complexity index is 1100. The lowest BCUT2D eigenvalue weighted by atomic mass is 9.98. The minimum absolute atomic E-state index is 0.393. The zero-order chi connectivity index (χ0) is 21.6. The summed E-state index contributed by atoms with van der Waals surface area (Å²) in [4.78, 5) is 4.85. The number of nitrogens with zero attached hydrogens (tertiary/aromatic N) is 6. The number of aromatic amines is 1. The molecule has 4 aromatic rings. The normalized spacial score (nSPS) is 12.2. The number of rotatable bonds is 9. The van der Waals surface area contributed by atoms with E-state index >= 15 is 0 Å². The van der Waals surface area contributed by atoms with Crippen LogP contribution in [0.3, 0.4) is 0 Å². The maximum absolute atomic E-state index is 4.85.